The fraction of sp³-hybridized carbons (Fsp3) is 0.438. The van der Waals surface area contributed by atoms with E-state index in [0.29, 0.717) is 30.6 Å². The topological polar surface area (TPSA) is 86.8 Å². The Bertz CT molecular complexity index is 791. The van der Waals surface area contributed by atoms with Gasteiger partial charge in [-0.2, -0.15) is 0 Å². The lowest BCUT2D eigenvalue weighted by molar-refractivity contribution is 0.0925. The van der Waals surface area contributed by atoms with Gasteiger partial charge in [0, 0.05) is 29.9 Å². The van der Waals surface area contributed by atoms with Gasteiger partial charge in [-0.3, -0.25) is 10.2 Å². The van der Waals surface area contributed by atoms with Gasteiger partial charge in [0.1, 0.15) is 5.69 Å². The molecule has 2 N–H and O–H groups in total. The van der Waals surface area contributed by atoms with Crippen molar-refractivity contribution in [3.8, 4) is 0 Å². The minimum absolute atomic E-state index is 0.273. The predicted molar refractivity (Wildman–Crippen MR) is 107 cm³/mol. The highest BCUT2D eigenvalue weighted by molar-refractivity contribution is 7.16. The van der Waals surface area contributed by atoms with Crippen LogP contribution in [0.15, 0.2) is 17.5 Å². The molecule has 3 amide bonds. The van der Waals surface area contributed by atoms with Crippen LogP contribution in [-0.2, 0) is 11.3 Å². The fourth-order valence-electron chi connectivity index (χ4n) is 2.47. The van der Waals surface area contributed by atoms with E-state index in [1.54, 1.807) is 16.3 Å². The lowest BCUT2D eigenvalue weighted by Crippen LogP contribution is -2.48. The lowest BCUT2D eigenvalue weighted by Gasteiger charge is -2.25. The standard InChI is InChI=1S/C16H20ClN5O3S2/c1-2-21(9-11-3-4-13(17)27-11)15(24)20-19-14(23)12-10-26-16(18-12)22-5-7-25-8-6-22/h3-4,10H,2,5-9H2,1H3,(H,19,23)(H,20,24). The van der Waals surface area contributed by atoms with E-state index in [-0.39, 0.29) is 11.7 Å². The van der Waals surface area contributed by atoms with E-state index in [9.17, 15) is 9.59 Å². The molecule has 2 aromatic heterocycles. The van der Waals surface area contributed by atoms with Crippen LogP contribution in [0.25, 0.3) is 0 Å². The average Bonchev–Trinajstić information content (AvgIpc) is 3.34. The summed E-state index contributed by atoms with van der Waals surface area (Å²) in [4.78, 5) is 33.5. The number of thiophene rings is 1. The number of carbonyl (C=O) groups is 2. The number of ether oxygens (including phenoxy) is 1. The Labute approximate surface area is 170 Å². The van der Waals surface area contributed by atoms with Crippen molar-refractivity contribution in [2.75, 3.05) is 37.7 Å². The van der Waals surface area contributed by atoms with Crippen molar-refractivity contribution in [3.05, 3.63) is 32.4 Å². The van der Waals surface area contributed by atoms with Gasteiger partial charge in [-0.1, -0.05) is 11.6 Å². The third kappa shape index (κ3) is 5.32. The van der Waals surface area contributed by atoms with Gasteiger partial charge in [-0.25, -0.2) is 15.2 Å². The molecule has 0 bridgehead atoms. The van der Waals surface area contributed by atoms with Crippen molar-refractivity contribution in [3.63, 3.8) is 0 Å². The Morgan fingerprint density at radius 3 is 2.78 bits per heavy atom. The van der Waals surface area contributed by atoms with Crippen molar-refractivity contribution < 1.29 is 14.3 Å². The summed E-state index contributed by atoms with van der Waals surface area (Å²) >= 11 is 8.74. The number of thiazole rings is 1. The zero-order chi connectivity index (χ0) is 19.2. The fourth-order valence-corrected chi connectivity index (χ4v) is 4.44. The summed E-state index contributed by atoms with van der Waals surface area (Å²) in [7, 11) is 0. The zero-order valence-corrected chi connectivity index (χ0v) is 17.1. The van der Waals surface area contributed by atoms with E-state index in [1.807, 2.05) is 13.0 Å². The lowest BCUT2D eigenvalue weighted by atomic mass is 10.4. The molecule has 11 heteroatoms. The third-order valence-electron chi connectivity index (χ3n) is 3.93. The molecule has 0 atom stereocenters. The van der Waals surface area contributed by atoms with Gasteiger partial charge in [0.25, 0.3) is 5.91 Å². The number of hydrogen-bond acceptors (Lipinski definition) is 7. The number of halogens is 1. The smallest absolute Gasteiger partial charge is 0.336 e. The summed E-state index contributed by atoms with van der Waals surface area (Å²) < 4.78 is 5.99. The van der Waals surface area contributed by atoms with E-state index >= 15 is 0 Å². The Hall–Kier alpha value is -1.88. The van der Waals surface area contributed by atoms with Crippen molar-refractivity contribution >= 4 is 51.3 Å². The molecule has 0 aliphatic carbocycles. The SMILES string of the molecule is CCN(Cc1ccc(Cl)s1)C(=O)NNC(=O)c1csc(N2CCOCC2)n1. The minimum Gasteiger partial charge on any atom is -0.378 e. The summed E-state index contributed by atoms with van der Waals surface area (Å²) in [6, 6.07) is 3.28. The maximum absolute atomic E-state index is 12.3. The average molecular weight is 430 g/mol. The van der Waals surface area contributed by atoms with Gasteiger partial charge in [-0.15, -0.1) is 22.7 Å². The van der Waals surface area contributed by atoms with Crippen LogP contribution in [0.1, 0.15) is 22.3 Å². The molecule has 8 nitrogen and oxygen atoms in total. The first kappa shape index (κ1) is 19.9. The third-order valence-corrected chi connectivity index (χ3v) is 6.05. The maximum Gasteiger partial charge on any atom is 0.336 e. The number of aromatic nitrogens is 1. The number of amides is 3. The highest BCUT2D eigenvalue weighted by Crippen LogP contribution is 2.23. The first-order valence-corrected chi connectivity index (χ1v) is 10.5. The van der Waals surface area contributed by atoms with Crippen molar-refractivity contribution in [2.24, 2.45) is 0 Å². The molecule has 1 saturated heterocycles. The Morgan fingerprint density at radius 2 is 2.11 bits per heavy atom. The number of rotatable bonds is 5. The van der Waals surface area contributed by atoms with Crippen LogP contribution in [0, 0.1) is 0 Å². The molecule has 0 aromatic carbocycles. The van der Waals surface area contributed by atoms with E-state index < -0.39 is 5.91 Å². The van der Waals surface area contributed by atoms with Gasteiger partial charge in [0.05, 0.1) is 24.1 Å². The second kappa shape index (κ2) is 9.36. The first-order valence-electron chi connectivity index (χ1n) is 8.44. The number of anilines is 1. The molecule has 27 heavy (non-hydrogen) atoms. The molecule has 2 aromatic rings. The van der Waals surface area contributed by atoms with Gasteiger partial charge in [-0.05, 0) is 19.1 Å². The number of carbonyl (C=O) groups excluding carboxylic acids is 2. The van der Waals surface area contributed by atoms with E-state index in [1.165, 1.54) is 22.7 Å². The number of hydrazine groups is 1. The van der Waals surface area contributed by atoms with Crippen LogP contribution in [0.5, 0.6) is 0 Å². The number of morpholine rings is 1. The van der Waals surface area contributed by atoms with Crippen LogP contribution >= 0.6 is 34.3 Å². The summed E-state index contributed by atoms with van der Waals surface area (Å²) in [5.41, 5.74) is 5.13. The van der Waals surface area contributed by atoms with Crippen LogP contribution in [0.2, 0.25) is 4.34 Å². The summed E-state index contributed by atoms with van der Waals surface area (Å²) in [5, 5.41) is 2.46. The number of urea groups is 1. The zero-order valence-electron chi connectivity index (χ0n) is 14.7. The van der Waals surface area contributed by atoms with Crippen LogP contribution in [0.4, 0.5) is 9.93 Å². The molecule has 0 saturated carbocycles. The molecule has 0 radical (unpaired) electrons. The van der Waals surface area contributed by atoms with E-state index in [4.69, 9.17) is 16.3 Å². The molecule has 3 heterocycles. The summed E-state index contributed by atoms with van der Waals surface area (Å²) in [5.74, 6) is -0.450. The Morgan fingerprint density at radius 1 is 1.33 bits per heavy atom. The summed E-state index contributed by atoms with van der Waals surface area (Å²) in [6.45, 7) is 5.60. The molecule has 1 aliphatic rings. The second-order valence-corrected chi connectivity index (χ2v) is 8.36. The minimum atomic E-state index is -0.450. The van der Waals surface area contributed by atoms with Gasteiger partial charge < -0.3 is 14.5 Å². The largest absolute Gasteiger partial charge is 0.378 e. The molecule has 146 valence electrons. The molecule has 0 spiro atoms. The highest BCUT2D eigenvalue weighted by Gasteiger charge is 2.19. The molecule has 1 fully saturated rings. The summed E-state index contributed by atoms with van der Waals surface area (Å²) in [6.07, 6.45) is 0. The Kier molecular flexibility index (Phi) is 6.89. The normalized spacial score (nSPS) is 14.1. The van der Waals surface area contributed by atoms with Gasteiger partial charge >= 0.3 is 6.03 Å². The second-order valence-electron chi connectivity index (χ2n) is 5.72. The highest BCUT2D eigenvalue weighted by atomic mass is 35.5. The predicted octanol–water partition coefficient (Wildman–Crippen LogP) is 2.57. The van der Waals surface area contributed by atoms with Crippen molar-refractivity contribution in [1.29, 1.82) is 0 Å². The van der Waals surface area contributed by atoms with E-state index in [0.717, 1.165) is 23.1 Å². The molecule has 3 rings (SSSR count). The molecule has 1 aliphatic heterocycles. The van der Waals surface area contributed by atoms with Crippen molar-refractivity contribution in [1.82, 2.24) is 20.7 Å². The first-order chi connectivity index (χ1) is 13.1. The van der Waals surface area contributed by atoms with Crippen LogP contribution in [-0.4, -0.2) is 54.7 Å². The van der Waals surface area contributed by atoms with Crippen LogP contribution < -0.4 is 15.8 Å². The quantitative estimate of drug-likeness (QED) is 0.713. The van der Waals surface area contributed by atoms with Gasteiger partial charge in [0.2, 0.25) is 0 Å². The Balaban J connectivity index is 1.51. The molecular formula is C16H20ClN5O3S2. The molecule has 0 unspecified atom stereocenters. The monoisotopic (exact) mass is 429 g/mol. The van der Waals surface area contributed by atoms with Crippen molar-refractivity contribution in [2.45, 2.75) is 13.5 Å². The molecular weight excluding hydrogens is 410 g/mol. The maximum atomic E-state index is 12.3. The van der Waals surface area contributed by atoms with Crippen LogP contribution in [0.3, 0.4) is 0 Å². The number of hydrogen-bond donors (Lipinski definition) is 2. The van der Waals surface area contributed by atoms with E-state index in [2.05, 4.69) is 20.7 Å². The van der Waals surface area contributed by atoms with Gasteiger partial charge in [0.15, 0.2) is 5.13 Å². The number of nitrogens with one attached hydrogen (secondary N) is 2. The number of nitrogens with zero attached hydrogens (tertiary/aromatic N) is 3.